The standard InChI is InChI=1S/C17H26N2O4/c1-12-5-3-4-6-15(12)23-10-8-18-16(20)13(2)19-17(21)14-7-9-22-11-14/h7,9,11-13,15H,3-6,8,10H2,1-2H3,(H,18,20)(H,19,21)/t12-,13+,15-/m1/s1. The fourth-order valence-electron chi connectivity index (χ4n) is 2.81. The lowest BCUT2D eigenvalue weighted by molar-refractivity contribution is -0.123. The highest BCUT2D eigenvalue weighted by Gasteiger charge is 2.22. The van der Waals surface area contributed by atoms with Crippen LogP contribution in [-0.2, 0) is 9.53 Å². The Morgan fingerprint density at radius 1 is 1.39 bits per heavy atom. The van der Waals surface area contributed by atoms with E-state index in [0.717, 1.165) is 6.42 Å². The van der Waals surface area contributed by atoms with Crippen LogP contribution in [0.5, 0.6) is 0 Å². The van der Waals surface area contributed by atoms with E-state index in [2.05, 4.69) is 17.6 Å². The first-order chi connectivity index (χ1) is 11.1. The van der Waals surface area contributed by atoms with Crippen molar-refractivity contribution in [2.75, 3.05) is 13.2 Å². The van der Waals surface area contributed by atoms with Crippen LogP contribution in [0.25, 0.3) is 0 Å². The summed E-state index contributed by atoms with van der Waals surface area (Å²) in [5.41, 5.74) is 0.402. The molecule has 1 saturated carbocycles. The van der Waals surface area contributed by atoms with E-state index in [1.54, 1.807) is 13.0 Å². The molecule has 1 heterocycles. The molecule has 2 amide bonds. The molecule has 3 atom stereocenters. The van der Waals surface area contributed by atoms with Gasteiger partial charge in [-0.15, -0.1) is 0 Å². The molecule has 128 valence electrons. The molecule has 0 unspecified atom stereocenters. The lowest BCUT2D eigenvalue weighted by Gasteiger charge is -2.28. The molecule has 6 nitrogen and oxygen atoms in total. The third-order valence-corrected chi connectivity index (χ3v) is 4.29. The Balaban J connectivity index is 1.63. The topological polar surface area (TPSA) is 80.6 Å². The van der Waals surface area contributed by atoms with E-state index in [4.69, 9.17) is 9.15 Å². The number of hydrogen-bond donors (Lipinski definition) is 2. The number of nitrogens with one attached hydrogen (secondary N) is 2. The first-order valence-corrected chi connectivity index (χ1v) is 8.30. The molecule has 2 rings (SSSR count). The smallest absolute Gasteiger partial charge is 0.255 e. The van der Waals surface area contributed by atoms with Crippen LogP contribution < -0.4 is 10.6 Å². The van der Waals surface area contributed by atoms with Crippen LogP contribution in [0, 0.1) is 5.92 Å². The summed E-state index contributed by atoms with van der Waals surface area (Å²) in [6.07, 6.45) is 7.89. The average Bonchev–Trinajstić information content (AvgIpc) is 3.07. The van der Waals surface area contributed by atoms with E-state index >= 15 is 0 Å². The van der Waals surface area contributed by atoms with Gasteiger partial charge >= 0.3 is 0 Å². The zero-order valence-electron chi connectivity index (χ0n) is 13.8. The Morgan fingerprint density at radius 2 is 2.17 bits per heavy atom. The van der Waals surface area contributed by atoms with E-state index in [-0.39, 0.29) is 11.8 Å². The predicted octanol–water partition coefficient (Wildman–Crippen LogP) is 2.11. The van der Waals surface area contributed by atoms with Crippen LogP contribution in [0.3, 0.4) is 0 Å². The van der Waals surface area contributed by atoms with Gasteiger partial charge in [0, 0.05) is 6.54 Å². The number of hydrogen-bond acceptors (Lipinski definition) is 4. The molecular formula is C17H26N2O4. The van der Waals surface area contributed by atoms with Crippen molar-refractivity contribution in [3.63, 3.8) is 0 Å². The van der Waals surface area contributed by atoms with Gasteiger partial charge in [-0.2, -0.15) is 0 Å². The highest BCUT2D eigenvalue weighted by Crippen LogP contribution is 2.25. The van der Waals surface area contributed by atoms with Crippen molar-refractivity contribution in [1.29, 1.82) is 0 Å². The van der Waals surface area contributed by atoms with Crippen LogP contribution >= 0.6 is 0 Å². The molecule has 1 fully saturated rings. The molecule has 1 aromatic rings. The van der Waals surface area contributed by atoms with Gasteiger partial charge in [0.15, 0.2) is 0 Å². The number of amides is 2. The molecule has 23 heavy (non-hydrogen) atoms. The normalized spacial score (nSPS) is 22.3. The summed E-state index contributed by atoms with van der Waals surface area (Å²) in [4.78, 5) is 23.8. The molecule has 0 aliphatic heterocycles. The molecular weight excluding hydrogens is 296 g/mol. The maximum absolute atomic E-state index is 12.0. The monoisotopic (exact) mass is 322 g/mol. The third kappa shape index (κ3) is 5.39. The van der Waals surface area contributed by atoms with Gasteiger partial charge < -0.3 is 19.8 Å². The average molecular weight is 322 g/mol. The number of rotatable bonds is 7. The summed E-state index contributed by atoms with van der Waals surface area (Å²) in [6, 6.07) is 0.949. The van der Waals surface area contributed by atoms with Gasteiger partial charge in [-0.25, -0.2) is 0 Å². The van der Waals surface area contributed by atoms with E-state index in [1.807, 2.05) is 0 Å². The van der Waals surface area contributed by atoms with Gasteiger partial charge in [0.25, 0.3) is 5.91 Å². The molecule has 2 N–H and O–H groups in total. The SMILES string of the molecule is C[C@H](NC(=O)c1ccoc1)C(=O)NCCO[C@@H]1CCCC[C@H]1C. The quantitative estimate of drug-likeness (QED) is 0.754. The lowest BCUT2D eigenvalue weighted by Crippen LogP contribution is -2.45. The highest BCUT2D eigenvalue weighted by atomic mass is 16.5. The fraction of sp³-hybridized carbons (Fsp3) is 0.647. The third-order valence-electron chi connectivity index (χ3n) is 4.29. The fourth-order valence-corrected chi connectivity index (χ4v) is 2.81. The van der Waals surface area contributed by atoms with E-state index in [1.165, 1.54) is 31.8 Å². The van der Waals surface area contributed by atoms with Crippen LogP contribution in [0.2, 0.25) is 0 Å². The second-order valence-corrected chi connectivity index (χ2v) is 6.17. The Morgan fingerprint density at radius 3 is 2.87 bits per heavy atom. The zero-order valence-corrected chi connectivity index (χ0v) is 13.8. The molecule has 1 aromatic heterocycles. The van der Waals surface area contributed by atoms with Crippen LogP contribution in [0.1, 0.15) is 49.9 Å². The molecule has 1 aliphatic carbocycles. The molecule has 0 radical (unpaired) electrons. The minimum Gasteiger partial charge on any atom is -0.472 e. The summed E-state index contributed by atoms with van der Waals surface area (Å²) in [6.45, 7) is 4.82. The summed E-state index contributed by atoms with van der Waals surface area (Å²) in [7, 11) is 0. The summed E-state index contributed by atoms with van der Waals surface area (Å²) >= 11 is 0. The molecule has 0 aromatic carbocycles. The molecule has 0 spiro atoms. The zero-order chi connectivity index (χ0) is 16.7. The minimum absolute atomic E-state index is 0.220. The number of furan rings is 1. The van der Waals surface area contributed by atoms with Crippen molar-refractivity contribution < 1.29 is 18.7 Å². The maximum atomic E-state index is 12.0. The largest absolute Gasteiger partial charge is 0.472 e. The van der Waals surface area contributed by atoms with Gasteiger partial charge in [0.2, 0.25) is 5.91 Å². The van der Waals surface area contributed by atoms with Gasteiger partial charge in [-0.3, -0.25) is 9.59 Å². The summed E-state index contributed by atoms with van der Waals surface area (Å²) in [5.74, 6) is 0.0449. The van der Waals surface area contributed by atoms with Gasteiger partial charge in [-0.05, 0) is 31.7 Å². The Bertz CT molecular complexity index is 501. The molecule has 6 heteroatoms. The van der Waals surface area contributed by atoms with Crippen molar-refractivity contribution in [3.8, 4) is 0 Å². The molecule has 0 saturated heterocycles. The van der Waals surface area contributed by atoms with Crippen molar-refractivity contribution in [3.05, 3.63) is 24.2 Å². The predicted molar refractivity (Wildman–Crippen MR) is 86.0 cm³/mol. The van der Waals surface area contributed by atoms with Crippen LogP contribution in [0.15, 0.2) is 23.0 Å². The number of carbonyl (C=O) groups excluding carboxylic acids is 2. The molecule has 1 aliphatic rings. The lowest BCUT2D eigenvalue weighted by atomic mass is 9.88. The number of ether oxygens (including phenoxy) is 1. The van der Waals surface area contributed by atoms with E-state index in [9.17, 15) is 9.59 Å². The first kappa shape index (κ1) is 17.5. The summed E-state index contributed by atoms with van der Waals surface area (Å²) < 4.78 is 10.7. The van der Waals surface area contributed by atoms with Crippen LogP contribution in [-0.4, -0.2) is 37.1 Å². The van der Waals surface area contributed by atoms with Gasteiger partial charge in [0.1, 0.15) is 12.3 Å². The van der Waals surface area contributed by atoms with Gasteiger partial charge in [0.05, 0.1) is 24.5 Å². The Kier molecular flexibility index (Phi) is 6.65. The van der Waals surface area contributed by atoms with Crippen molar-refractivity contribution in [2.45, 2.75) is 51.7 Å². The van der Waals surface area contributed by atoms with Crippen LogP contribution in [0.4, 0.5) is 0 Å². The van der Waals surface area contributed by atoms with Gasteiger partial charge in [-0.1, -0.05) is 19.8 Å². The van der Waals surface area contributed by atoms with Crippen molar-refractivity contribution in [1.82, 2.24) is 10.6 Å². The minimum atomic E-state index is -0.606. The Labute approximate surface area is 137 Å². The van der Waals surface area contributed by atoms with E-state index in [0.29, 0.717) is 30.7 Å². The second-order valence-electron chi connectivity index (χ2n) is 6.17. The maximum Gasteiger partial charge on any atom is 0.255 e. The van der Waals surface area contributed by atoms with Crippen molar-refractivity contribution >= 4 is 11.8 Å². The highest BCUT2D eigenvalue weighted by molar-refractivity contribution is 5.97. The first-order valence-electron chi connectivity index (χ1n) is 8.30. The number of carbonyl (C=O) groups is 2. The second kappa shape index (κ2) is 8.72. The Hall–Kier alpha value is -1.82. The summed E-state index contributed by atoms with van der Waals surface area (Å²) in [5, 5.41) is 5.41. The molecule has 0 bridgehead atoms. The van der Waals surface area contributed by atoms with Crippen molar-refractivity contribution in [2.24, 2.45) is 5.92 Å². The van der Waals surface area contributed by atoms with E-state index < -0.39 is 6.04 Å².